The van der Waals surface area contributed by atoms with E-state index in [0.29, 0.717) is 17.0 Å². The molecule has 7 heteroatoms. The Morgan fingerprint density at radius 1 is 1.32 bits per heavy atom. The van der Waals surface area contributed by atoms with E-state index in [0.717, 1.165) is 0 Å². The summed E-state index contributed by atoms with van der Waals surface area (Å²) in [7, 11) is 1.98. The van der Waals surface area contributed by atoms with Crippen LogP contribution in [0.4, 0.5) is 0 Å². The van der Waals surface area contributed by atoms with Gasteiger partial charge in [-0.25, -0.2) is 9.78 Å². The maximum atomic E-state index is 11.6. The number of carbonyl (C=O) groups excluding carboxylic acids is 1. The van der Waals surface area contributed by atoms with Gasteiger partial charge in [0.1, 0.15) is 17.1 Å². The maximum absolute atomic E-state index is 11.6. The Bertz CT molecular complexity index is 541. The minimum Gasteiger partial charge on any atom is -0.520 e. The molecule has 19 heavy (non-hydrogen) atoms. The van der Waals surface area contributed by atoms with Crippen molar-refractivity contribution in [1.82, 2.24) is 4.98 Å². The normalized spacial score (nSPS) is 13.9. The van der Waals surface area contributed by atoms with Crippen molar-refractivity contribution < 1.29 is 23.6 Å². The van der Waals surface area contributed by atoms with Crippen molar-refractivity contribution in [3.63, 3.8) is 0 Å². The fraction of sp³-hybridized carbons (Fsp3) is 0.167. The Balaban J connectivity index is 2.35. The van der Waals surface area contributed by atoms with Crippen LogP contribution in [0.3, 0.4) is 0 Å². The summed E-state index contributed by atoms with van der Waals surface area (Å²) < 4.78 is 20.4. The highest BCUT2D eigenvalue weighted by atomic mass is 16.6. The number of methoxy groups -OCH3 is 2. The van der Waals surface area contributed by atoms with Gasteiger partial charge in [0.15, 0.2) is 0 Å². The molecule has 0 saturated carbocycles. The summed E-state index contributed by atoms with van der Waals surface area (Å²) in [5, 5.41) is 0. The van der Waals surface area contributed by atoms with Gasteiger partial charge in [-0.1, -0.05) is 13.2 Å². The number of ether oxygens (including phenoxy) is 2. The number of esters is 1. The Kier molecular flexibility index (Phi) is 3.46. The number of aromatic nitrogens is 1. The van der Waals surface area contributed by atoms with Gasteiger partial charge in [0.2, 0.25) is 5.88 Å². The average Bonchev–Trinajstić information content (AvgIpc) is 2.77. The van der Waals surface area contributed by atoms with E-state index >= 15 is 0 Å². The van der Waals surface area contributed by atoms with Gasteiger partial charge in [-0.2, -0.15) is 0 Å². The van der Waals surface area contributed by atoms with E-state index in [9.17, 15) is 4.79 Å². The molecule has 0 aromatic carbocycles. The van der Waals surface area contributed by atoms with E-state index in [1.54, 1.807) is 0 Å². The molecule has 0 amide bonds. The molecule has 1 saturated heterocycles. The standard InChI is InChI=1S/C12H12BNO5/c1-7-8(2)19-13(18-7)9-5-10(12(15)17-4)11(16-3)14-6-9/h5-6H,1-2H2,3-4H3. The lowest BCUT2D eigenvalue weighted by molar-refractivity contribution is 0.0596. The fourth-order valence-electron chi connectivity index (χ4n) is 1.57. The van der Waals surface area contributed by atoms with Crippen LogP contribution in [0.2, 0.25) is 0 Å². The van der Waals surface area contributed by atoms with Gasteiger partial charge in [-0.15, -0.1) is 0 Å². The van der Waals surface area contributed by atoms with Crippen LogP contribution < -0.4 is 10.2 Å². The zero-order chi connectivity index (χ0) is 14.0. The molecule has 1 fully saturated rings. The average molecular weight is 261 g/mol. The van der Waals surface area contributed by atoms with Gasteiger partial charge >= 0.3 is 13.1 Å². The lowest BCUT2D eigenvalue weighted by atomic mass is 9.80. The van der Waals surface area contributed by atoms with Crippen molar-refractivity contribution in [3.05, 3.63) is 42.5 Å². The molecule has 0 atom stereocenters. The van der Waals surface area contributed by atoms with E-state index in [1.165, 1.54) is 26.5 Å². The highest BCUT2D eigenvalue weighted by Gasteiger charge is 2.36. The predicted molar refractivity (Wildman–Crippen MR) is 68.0 cm³/mol. The van der Waals surface area contributed by atoms with Crippen LogP contribution in [0.5, 0.6) is 5.88 Å². The second-order valence-corrected chi connectivity index (χ2v) is 3.73. The summed E-state index contributed by atoms with van der Waals surface area (Å²) in [4.78, 5) is 15.6. The zero-order valence-corrected chi connectivity index (χ0v) is 10.6. The molecule has 2 heterocycles. The molecular weight excluding hydrogens is 249 g/mol. The van der Waals surface area contributed by atoms with E-state index in [2.05, 4.69) is 22.9 Å². The monoisotopic (exact) mass is 261 g/mol. The molecule has 1 aliphatic rings. The molecule has 1 aliphatic heterocycles. The number of nitrogens with zero attached hydrogens (tertiary/aromatic N) is 1. The lowest BCUT2D eigenvalue weighted by Crippen LogP contribution is -2.32. The number of hydrogen-bond acceptors (Lipinski definition) is 6. The highest BCUT2D eigenvalue weighted by molar-refractivity contribution is 6.62. The van der Waals surface area contributed by atoms with Crippen molar-refractivity contribution >= 4 is 18.6 Å². The van der Waals surface area contributed by atoms with Gasteiger partial charge in [0.05, 0.1) is 14.2 Å². The summed E-state index contributed by atoms with van der Waals surface area (Å²) in [5.74, 6) is 0.314. The fourth-order valence-corrected chi connectivity index (χ4v) is 1.57. The first-order chi connectivity index (χ1) is 9.06. The summed E-state index contributed by atoms with van der Waals surface area (Å²) in [6.45, 7) is 7.27. The quantitative estimate of drug-likeness (QED) is 0.587. The molecular formula is C12H12BNO5. The topological polar surface area (TPSA) is 66.9 Å². The third-order valence-corrected chi connectivity index (χ3v) is 2.55. The summed E-state index contributed by atoms with van der Waals surface area (Å²) in [6.07, 6.45) is 1.49. The van der Waals surface area contributed by atoms with Crippen molar-refractivity contribution in [2.24, 2.45) is 0 Å². The van der Waals surface area contributed by atoms with Crippen LogP contribution in [0, 0.1) is 0 Å². The van der Waals surface area contributed by atoms with Crippen molar-refractivity contribution in [2.45, 2.75) is 0 Å². The van der Waals surface area contributed by atoms with Gasteiger partial charge in [0, 0.05) is 11.7 Å². The summed E-state index contributed by atoms with van der Waals surface area (Å²) in [5.41, 5.74) is 0.735. The van der Waals surface area contributed by atoms with Crippen LogP contribution in [-0.4, -0.2) is 32.3 Å². The minimum atomic E-state index is -0.721. The molecule has 0 spiro atoms. The van der Waals surface area contributed by atoms with Crippen molar-refractivity contribution in [1.29, 1.82) is 0 Å². The molecule has 0 radical (unpaired) electrons. The molecule has 0 unspecified atom stereocenters. The smallest absolute Gasteiger partial charge is 0.520 e. The van der Waals surface area contributed by atoms with E-state index in [4.69, 9.17) is 14.0 Å². The first kappa shape index (κ1) is 13.0. The zero-order valence-electron chi connectivity index (χ0n) is 10.6. The molecule has 1 aromatic heterocycles. The van der Waals surface area contributed by atoms with Crippen LogP contribution in [-0.2, 0) is 14.0 Å². The van der Waals surface area contributed by atoms with Crippen molar-refractivity contribution in [2.75, 3.05) is 14.2 Å². The van der Waals surface area contributed by atoms with Gasteiger partial charge in [-0.3, -0.25) is 0 Å². The van der Waals surface area contributed by atoms with E-state index in [-0.39, 0.29) is 11.4 Å². The first-order valence-corrected chi connectivity index (χ1v) is 5.40. The Morgan fingerprint density at radius 2 is 1.95 bits per heavy atom. The van der Waals surface area contributed by atoms with Crippen LogP contribution in [0.25, 0.3) is 0 Å². The lowest BCUT2D eigenvalue weighted by Gasteiger charge is -2.08. The molecule has 0 N–H and O–H groups in total. The third-order valence-electron chi connectivity index (χ3n) is 2.55. The Hall–Kier alpha value is -2.44. The van der Waals surface area contributed by atoms with Crippen molar-refractivity contribution in [3.8, 4) is 5.88 Å². The summed E-state index contributed by atoms with van der Waals surface area (Å²) in [6, 6.07) is 1.54. The maximum Gasteiger partial charge on any atom is 0.634 e. The molecule has 1 aromatic rings. The molecule has 0 aliphatic carbocycles. The molecule has 6 nitrogen and oxygen atoms in total. The van der Waals surface area contributed by atoms with E-state index in [1.807, 2.05) is 0 Å². The molecule has 0 bridgehead atoms. The molecule has 2 rings (SSSR count). The summed E-state index contributed by atoms with van der Waals surface area (Å²) >= 11 is 0. The minimum absolute atomic E-state index is 0.172. The largest absolute Gasteiger partial charge is 0.634 e. The Labute approximate surface area is 110 Å². The molecule has 98 valence electrons. The Morgan fingerprint density at radius 3 is 2.47 bits per heavy atom. The van der Waals surface area contributed by atoms with Gasteiger partial charge in [-0.05, 0) is 6.07 Å². The van der Waals surface area contributed by atoms with Crippen LogP contribution >= 0.6 is 0 Å². The predicted octanol–water partition coefficient (Wildman–Crippen LogP) is 0.646. The van der Waals surface area contributed by atoms with Crippen LogP contribution in [0.1, 0.15) is 10.4 Å². The first-order valence-electron chi connectivity index (χ1n) is 5.40. The second kappa shape index (κ2) is 5.05. The number of pyridine rings is 1. The van der Waals surface area contributed by atoms with Gasteiger partial charge < -0.3 is 18.8 Å². The second-order valence-electron chi connectivity index (χ2n) is 3.73. The SMILES string of the molecule is C=C1OB(c2cnc(OC)c(C(=O)OC)c2)OC1=C. The number of carbonyl (C=O) groups is 1. The third kappa shape index (κ3) is 2.40. The van der Waals surface area contributed by atoms with Gasteiger partial charge in [0.25, 0.3) is 0 Å². The number of rotatable bonds is 3. The van der Waals surface area contributed by atoms with E-state index < -0.39 is 13.1 Å². The highest BCUT2D eigenvalue weighted by Crippen LogP contribution is 2.21. The van der Waals surface area contributed by atoms with Crippen LogP contribution in [0.15, 0.2) is 36.9 Å². The number of hydrogen-bond donors (Lipinski definition) is 0.